The molecule has 4 rings (SSSR count). The van der Waals surface area contributed by atoms with Crippen LogP contribution in [0.4, 0.5) is 11.8 Å². The van der Waals surface area contributed by atoms with Crippen molar-refractivity contribution in [2.75, 3.05) is 23.7 Å². The summed E-state index contributed by atoms with van der Waals surface area (Å²) in [7, 11) is 0. The molecule has 0 spiro atoms. The van der Waals surface area contributed by atoms with E-state index in [9.17, 15) is 4.79 Å². The zero-order chi connectivity index (χ0) is 16.7. The molecular formula is C17H18N6O. The Balaban J connectivity index is 1.84. The lowest BCUT2D eigenvalue weighted by Gasteiger charge is -2.14. The molecule has 2 aromatic heterocycles. The summed E-state index contributed by atoms with van der Waals surface area (Å²) in [5, 5.41) is 4.80. The van der Waals surface area contributed by atoms with Crippen molar-refractivity contribution in [3.8, 4) is 0 Å². The van der Waals surface area contributed by atoms with Crippen LogP contribution in [0.25, 0.3) is 11.0 Å². The Hall–Kier alpha value is -2.96. The number of rotatable bonds is 2. The van der Waals surface area contributed by atoms with E-state index in [-0.39, 0.29) is 11.7 Å². The van der Waals surface area contributed by atoms with Crippen molar-refractivity contribution in [1.82, 2.24) is 19.7 Å². The lowest BCUT2D eigenvalue weighted by atomic mass is 10.1. The standard InChI is InChI=1S/C17H18N6O/c1-11-6-2-3-7-12(11)16(24)23-15-13(14(18)21-23)10-19-17(20-15)22-8-4-5-9-22/h2-3,6-7,10H,4-5,8-9H2,1H3,(H2,18,21). The first-order valence-electron chi connectivity index (χ1n) is 8.01. The van der Waals surface area contributed by atoms with E-state index in [0.29, 0.717) is 22.5 Å². The Morgan fingerprint density at radius 3 is 2.71 bits per heavy atom. The number of benzene rings is 1. The van der Waals surface area contributed by atoms with Gasteiger partial charge in [-0.1, -0.05) is 18.2 Å². The van der Waals surface area contributed by atoms with Crippen molar-refractivity contribution < 1.29 is 4.79 Å². The fourth-order valence-corrected chi connectivity index (χ4v) is 3.05. The molecule has 24 heavy (non-hydrogen) atoms. The molecule has 1 fully saturated rings. The molecule has 0 unspecified atom stereocenters. The van der Waals surface area contributed by atoms with E-state index < -0.39 is 0 Å². The summed E-state index contributed by atoms with van der Waals surface area (Å²) in [6.07, 6.45) is 3.91. The molecule has 1 aliphatic heterocycles. The number of anilines is 2. The SMILES string of the molecule is Cc1ccccc1C(=O)n1nc(N)c2cnc(N3CCCC3)nc21. The van der Waals surface area contributed by atoms with Crippen LogP contribution in [0, 0.1) is 6.92 Å². The van der Waals surface area contributed by atoms with Crippen molar-refractivity contribution in [2.24, 2.45) is 0 Å². The van der Waals surface area contributed by atoms with Gasteiger partial charge >= 0.3 is 0 Å². The zero-order valence-electron chi connectivity index (χ0n) is 13.4. The van der Waals surface area contributed by atoms with Gasteiger partial charge < -0.3 is 10.6 Å². The molecule has 0 amide bonds. The van der Waals surface area contributed by atoms with Gasteiger partial charge in [-0.3, -0.25) is 4.79 Å². The van der Waals surface area contributed by atoms with Gasteiger partial charge in [0.15, 0.2) is 11.5 Å². The number of carbonyl (C=O) groups excluding carboxylic acids is 1. The molecule has 0 saturated carbocycles. The average molecular weight is 322 g/mol. The van der Waals surface area contributed by atoms with Gasteiger partial charge in [0.1, 0.15) is 0 Å². The number of nitrogens with two attached hydrogens (primary N) is 1. The van der Waals surface area contributed by atoms with Gasteiger partial charge in [-0.2, -0.15) is 9.67 Å². The smallest absolute Gasteiger partial charge is 0.280 e. The molecule has 3 aromatic rings. The third kappa shape index (κ3) is 2.29. The Kier molecular flexibility index (Phi) is 3.41. The van der Waals surface area contributed by atoms with Gasteiger partial charge in [-0.05, 0) is 31.4 Å². The van der Waals surface area contributed by atoms with Crippen LogP contribution in [-0.2, 0) is 0 Å². The highest BCUT2D eigenvalue weighted by Gasteiger charge is 2.21. The minimum Gasteiger partial charge on any atom is -0.382 e. The molecule has 0 atom stereocenters. The third-order valence-electron chi connectivity index (χ3n) is 4.40. The molecule has 3 heterocycles. The van der Waals surface area contributed by atoms with Crippen molar-refractivity contribution in [1.29, 1.82) is 0 Å². The summed E-state index contributed by atoms with van der Waals surface area (Å²) < 4.78 is 1.29. The number of fused-ring (bicyclic) bond motifs is 1. The van der Waals surface area contributed by atoms with Gasteiger partial charge in [0.05, 0.1) is 5.39 Å². The Morgan fingerprint density at radius 1 is 1.21 bits per heavy atom. The number of aromatic nitrogens is 4. The first kappa shape index (κ1) is 14.6. The highest BCUT2D eigenvalue weighted by Crippen LogP contribution is 2.23. The van der Waals surface area contributed by atoms with Crippen LogP contribution < -0.4 is 10.6 Å². The van der Waals surface area contributed by atoms with Gasteiger partial charge in [0.2, 0.25) is 5.95 Å². The van der Waals surface area contributed by atoms with E-state index in [1.54, 1.807) is 12.3 Å². The van der Waals surface area contributed by atoms with Crippen LogP contribution in [-0.4, -0.2) is 38.7 Å². The molecule has 0 radical (unpaired) electrons. The molecule has 1 aromatic carbocycles. The molecule has 7 heteroatoms. The molecule has 0 bridgehead atoms. The quantitative estimate of drug-likeness (QED) is 0.776. The summed E-state index contributed by atoms with van der Waals surface area (Å²) in [6, 6.07) is 7.41. The molecule has 0 aliphatic carbocycles. The van der Waals surface area contributed by atoms with E-state index in [1.807, 2.05) is 25.1 Å². The number of carbonyl (C=O) groups is 1. The van der Waals surface area contributed by atoms with Crippen LogP contribution in [0.1, 0.15) is 28.8 Å². The molecule has 1 aliphatic rings. The fraction of sp³-hybridized carbons (Fsp3) is 0.294. The van der Waals surface area contributed by atoms with Gasteiger partial charge in [-0.15, -0.1) is 5.10 Å². The van der Waals surface area contributed by atoms with E-state index in [4.69, 9.17) is 5.73 Å². The first-order valence-corrected chi connectivity index (χ1v) is 8.01. The first-order chi connectivity index (χ1) is 11.6. The van der Waals surface area contributed by atoms with Crippen molar-refractivity contribution >= 4 is 28.7 Å². The van der Waals surface area contributed by atoms with E-state index in [2.05, 4.69) is 20.0 Å². The average Bonchev–Trinajstić information content (AvgIpc) is 3.23. The predicted molar refractivity (Wildman–Crippen MR) is 92.1 cm³/mol. The molecular weight excluding hydrogens is 304 g/mol. The predicted octanol–water partition coefficient (Wildman–Crippen LogP) is 2.01. The normalized spacial score (nSPS) is 14.5. The summed E-state index contributed by atoms with van der Waals surface area (Å²) in [5.41, 5.74) is 7.89. The van der Waals surface area contributed by atoms with Gasteiger partial charge in [0, 0.05) is 24.8 Å². The van der Waals surface area contributed by atoms with Crippen molar-refractivity contribution in [3.63, 3.8) is 0 Å². The lowest BCUT2D eigenvalue weighted by Crippen LogP contribution is -2.21. The number of nitrogen functional groups attached to an aromatic ring is 1. The van der Waals surface area contributed by atoms with Crippen molar-refractivity contribution in [2.45, 2.75) is 19.8 Å². The van der Waals surface area contributed by atoms with E-state index in [1.165, 1.54) is 4.68 Å². The van der Waals surface area contributed by atoms with Crippen LogP contribution in [0.2, 0.25) is 0 Å². The maximum absolute atomic E-state index is 12.9. The second-order valence-electron chi connectivity index (χ2n) is 6.02. The lowest BCUT2D eigenvalue weighted by molar-refractivity contribution is 0.0949. The maximum Gasteiger partial charge on any atom is 0.280 e. The Bertz CT molecular complexity index is 926. The molecule has 7 nitrogen and oxygen atoms in total. The summed E-state index contributed by atoms with van der Waals surface area (Å²) in [4.78, 5) is 24.0. The van der Waals surface area contributed by atoms with Gasteiger partial charge in [0.25, 0.3) is 5.91 Å². The topological polar surface area (TPSA) is 89.9 Å². The Labute approximate surface area is 139 Å². The minimum atomic E-state index is -0.235. The Morgan fingerprint density at radius 2 is 1.96 bits per heavy atom. The van der Waals surface area contributed by atoms with E-state index >= 15 is 0 Å². The second kappa shape index (κ2) is 5.59. The number of aryl methyl sites for hydroxylation is 1. The number of nitrogens with zero attached hydrogens (tertiary/aromatic N) is 5. The van der Waals surface area contributed by atoms with E-state index in [0.717, 1.165) is 31.5 Å². The fourth-order valence-electron chi connectivity index (χ4n) is 3.05. The van der Waals surface area contributed by atoms with Crippen LogP contribution in [0.15, 0.2) is 30.5 Å². The summed E-state index contributed by atoms with van der Waals surface area (Å²) in [5.74, 6) is 0.652. The highest BCUT2D eigenvalue weighted by molar-refractivity contribution is 6.03. The summed E-state index contributed by atoms with van der Waals surface area (Å²) >= 11 is 0. The van der Waals surface area contributed by atoms with Crippen LogP contribution in [0.5, 0.6) is 0 Å². The van der Waals surface area contributed by atoms with Gasteiger partial charge in [-0.25, -0.2) is 4.98 Å². The number of hydrogen-bond donors (Lipinski definition) is 1. The van der Waals surface area contributed by atoms with Crippen LogP contribution >= 0.6 is 0 Å². The highest BCUT2D eigenvalue weighted by atomic mass is 16.2. The largest absolute Gasteiger partial charge is 0.382 e. The van der Waals surface area contributed by atoms with Crippen molar-refractivity contribution in [3.05, 3.63) is 41.6 Å². The maximum atomic E-state index is 12.9. The minimum absolute atomic E-state index is 0.235. The molecule has 2 N–H and O–H groups in total. The summed E-state index contributed by atoms with van der Waals surface area (Å²) in [6.45, 7) is 3.76. The third-order valence-corrected chi connectivity index (χ3v) is 4.40. The molecule has 122 valence electrons. The molecule has 1 saturated heterocycles. The second-order valence-corrected chi connectivity index (χ2v) is 6.02. The number of hydrogen-bond acceptors (Lipinski definition) is 6. The van der Waals surface area contributed by atoms with Crippen LogP contribution in [0.3, 0.4) is 0 Å². The monoisotopic (exact) mass is 322 g/mol. The zero-order valence-corrected chi connectivity index (χ0v) is 13.4.